The van der Waals surface area contributed by atoms with Gasteiger partial charge in [-0.15, -0.1) is 0 Å². The molecule has 1 aromatic heterocycles. The maximum Gasteiger partial charge on any atom is 0.319 e. The first kappa shape index (κ1) is 17.5. The molecule has 7 heteroatoms. The van der Waals surface area contributed by atoms with Crippen molar-refractivity contribution in [2.45, 2.75) is 32.2 Å². The largest absolute Gasteiger partial charge is 0.481 e. The number of rotatable bonds is 6. The molecule has 0 saturated carbocycles. The molecule has 0 spiro atoms. The molecular weight excluding hydrogens is 310 g/mol. The van der Waals surface area contributed by atoms with E-state index in [1.165, 1.54) is 0 Å². The first-order valence-electron chi connectivity index (χ1n) is 7.54. The quantitative estimate of drug-likeness (QED) is 0.755. The molecule has 0 bridgehead atoms. The summed E-state index contributed by atoms with van der Waals surface area (Å²) in [6, 6.07) is 6.86. The van der Waals surface area contributed by atoms with Crippen LogP contribution >= 0.6 is 0 Å². The monoisotopic (exact) mass is 331 g/mol. The van der Waals surface area contributed by atoms with Gasteiger partial charge in [-0.25, -0.2) is 9.78 Å². The van der Waals surface area contributed by atoms with Crippen molar-refractivity contribution in [2.75, 3.05) is 12.4 Å². The SMILES string of the molecule is COc1nccc2cc(NC(=O)NC(C)(C)CCC(=O)O)ccc12. The number of benzene rings is 1. The first-order valence-corrected chi connectivity index (χ1v) is 7.54. The Morgan fingerprint density at radius 3 is 2.71 bits per heavy atom. The molecule has 2 rings (SSSR count). The maximum atomic E-state index is 12.1. The van der Waals surface area contributed by atoms with Gasteiger partial charge in [0.1, 0.15) is 0 Å². The number of carboxylic acids is 1. The van der Waals surface area contributed by atoms with Crippen LogP contribution in [-0.2, 0) is 4.79 Å². The molecule has 1 heterocycles. The van der Waals surface area contributed by atoms with E-state index in [-0.39, 0.29) is 12.5 Å². The van der Waals surface area contributed by atoms with E-state index < -0.39 is 11.5 Å². The third kappa shape index (κ3) is 4.58. The summed E-state index contributed by atoms with van der Waals surface area (Å²) in [5.74, 6) is -0.360. The van der Waals surface area contributed by atoms with Crippen LogP contribution in [0.3, 0.4) is 0 Å². The molecule has 7 nitrogen and oxygen atoms in total. The third-order valence-electron chi connectivity index (χ3n) is 3.59. The number of fused-ring (bicyclic) bond motifs is 1. The third-order valence-corrected chi connectivity index (χ3v) is 3.59. The Bertz CT molecular complexity index is 759. The number of carbonyl (C=O) groups excluding carboxylic acids is 1. The minimum atomic E-state index is -0.887. The van der Waals surface area contributed by atoms with Gasteiger partial charge in [0.2, 0.25) is 5.88 Å². The molecule has 0 aliphatic carbocycles. The molecule has 0 unspecified atom stereocenters. The van der Waals surface area contributed by atoms with Crippen molar-refractivity contribution in [1.29, 1.82) is 0 Å². The van der Waals surface area contributed by atoms with Crippen molar-refractivity contribution < 1.29 is 19.4 Å². The second kappa shape index (κ2) is 7.16. The Balaban J connectivity index is 2.06. The summed E-state index contributed by atoms with van der Waals surface area (Å²) >= 11 is 0. The van der Waals surface area contributed by atoms with E-state index in [1.54, 1.807) is 33.2 Å². The zero-order valence-corrected chi connectivity index (χ0v) is 13.9. The van der Waals surface area contributed by atoms with Gasteiger partial charge in [-0.05, 0) is 49.9 Å². The standard InChI is InChI=1S/C17H21N3O4/c1-17(2,8-6-14(21)22)20-16(23)19-12-4-5-13-11(10-12)7-9-18-15(13)24-3/h4-5,7,9-10H,6,8H2,1-3H3,(H,21,22)(H2,19,20,23). The number of nitrogens with zero attached hydrogens (tertiary/aromatic N) is 1. The number of pyridine rings is 1. The van der Waals surface area contributed by atoms with E-state index in [2.05, 4.69) is 15.6 Å². The van der Waals surface area contributed by atoms with Gasteiger partial charge in [0.15, 0.2) is 0 Å². The number of anilines is 1. The molecule has 2 aromatic rings. The summed E-state index contributed by atoms with van der Waals surface area (Å²) in [4.78, 5) is 26.9. The molecule has 0 aliphatic heterocycles. The Morgan fingerprint density at radius 2 is 2.04 bits per heavy atom. The van der Waals surface area contributed by atoms with Crippen LogP contribution in [0.25, 0.3) is 10.8 Å². The number of amides is 2. The fourth-order valence-corrected chi connectivity index (χ4v) is 2.34. The highest BCUT2D eigenvalue weighted by Gasteiger charge is 2.21. The molecule has 0 aliphatic rings. The maximum absolute atomic E-state index is 12.1. The normalized spacial score (nSPS) is 11.1. The minimum Gasteiger partial charge on any atom is -0.481 e. The zero-order valence-electron chi connectivity index (χ0n) is 13.9. The number of aromatic nitrogens is 1. The van der Waals surface area contributed by atoms with Crippen LogP contribution in [0.1, 0.15) is 26.7 Å². The summed E-state index contributed by atoms with van der Waals surface area (Å²) in [5, 5.41) is 16.0. The number of nitrogens with one attached hydrogen (secondary N) is 2. The van der Waals surface area contributed by atoms with Crippen LogP contribution in [-0.4, -0.2) is 34.7 Å². The Kier molecular flexibility index (Phi) is 5.23. The van der Waals surface area contributed by atoms with Gasteiger partial charge in [-0.2, -0.15) is 0 Å². The van der Waals surface area contributed by atoms with Crippen molar-refractivity contribution in [2.24, 2.45) is 0 Å². The Labute approximate surface area is 140 Å². The Hall–Kier alpha value is -2.83. The lowest BCUT2D eigenvalue weighted by Crippen LogP contribution is -2.45. The molecule has 0 fully saturated rings. The number of aliphatic carboxylic acids is 1. The molecule has 24 heavy (non-hydrogen) atoms. The molecule has 2 amide bonds. The molecule has 128 valence electrons. The van der Waals surface area contributed by atoms with Crippen LogP contribution in [0.2, 0.25) is 0 Å². The fraction of sp³-hybridized carbons (Fsp3) is 0.353. The molecule has 0 saturated heterocycles. The van der Waals surface area contributed by atoms with Crippen LogP contribution in [0.4, 0.5) is 10.5 Å². The predicted octanol–water partition coefficient (Wildman–Crippen LogP) is 3.01. The topological polar surface area (TPSA) is 101 Å². The number of carbonyl (C=O) groups is 2. The van der Waals surface area contributed by atoms with Gasteiger partial charge in [-0.1, -0.05) is 0 Å². The number of methoxy groups -OCH3 is 1. The molecule has 0 atom stereocenters. The average Bonchev–Trinajstić information content (AvgIpc) is 2.51. The van der Waals surface area contributed by atoms with Gasteiger partial charge in [-0.3, -0.25) is 4.79 Å². The molecule has 1 aromatic carbocycles. The van der Waals surface area contributed by atoms with Gasteiger partial charge in [0.25, 0.3) is 0 Å². The van der Waals surface area contributed by atoms with E-state index in [4.69, 9.17) is 9.84 Å². The lowest BCUT2D eigenvalue weighted by Gasteiger charge is -2.25. The van der Waals surface area contributed by atoms with E-state index in [1.807, 2.05) is 18.2 Å². The summed E-state index contributed by atoms with van der Waals surface area (Å²) < 4.78 is 5.20. The minimum absolute atomic E-state index is 0.00392. The van der Waals surface area contributed by atoms with E-state index in [0.29, 0.717) is 18.0 Å². The van der Waals surface area contributed by atoms with E-state index in [0.717, 1.165) is 10.8 Å². The van der Waals surface area contributed by atoms with Gasteiger partial charge < -0.3 is 20.5 Å². The number of carboxylic acid groups (broad SMARTS) is 1. The van der Waals surface area contributed by atoms with Gasteiger partial charge in [0.05, 0.1) is 7.11 Å². The van der Waals surface area contributed by atoms with Gasteiger partial charge in [0, 0.05) is 29.2 Å². The highest BCUT2D eigenvalue weighted by molar-refractivity contribution is 5.95. The first-order chi connectivity index (χ1) is 11.3. The van der Waals surface area contributed by atoms with Gasteiger partial charge >= 0.3 is 12.0 Å². The molecular formula is C17H21N3O4. The van der Waals surface area contributed by atoms with E-state index >= 15 is 0 Å². The number of hydrogen-bond acceptors (Lipinski definition) is 4. The van der Waals surface area contributed by atoms with Crippen LogP contribution < -0.4 is 15.4 Å². The Morgan fingerprint density at radius 1 is 1.29 bits per heavy atom. The lowest BCUT2D eigenvalue weighted by molar-refractivity contribution is -0.137. The molecule has 0 radical (unpaired) electrons. The number of ether oxygens (including phenoxy) is 1. The van der Waals surface area contributed by atoms with Crippen molar-refractivity contribution in [3.63, 3.8) is 0 Å². The average molecular weight is 331 g/mol. The number of urea groups is 1. The number of hydrogen-bond donors (Lipinski definition) is 3. The van der Waals surface area contributed by atoms with Crippen molar-refractivity contribution >= 4 is 28.5 Å². The van der Waals surface area contributed by atoms with Crippen LogP contribution in [0, 0.1) is 0 Å². The second-order valence-electron chi connectivity index (χ2n) is 6.11. The fourth-order valence-electron chi connectivity index (χ4n) is 2.34. The van der Waals surface area contributed by atoms with Crippen molar-refractivity contribution in [1.82, 2.24) is 10.3 Å². The summed E-state index contributed by atoms with van der Waals surface area (Å²) in [7, 11) is 1.56. The smallest absolute Gasteiger partial charge is 0.319 e. The molecule has 3 N–H and O–H groups in total. The van der Waals surface area contributed by atoms with Crippen molar-refractivity contribution in [3.05, 3.63) is 30.5 Å². The summed E-state index contributed by atoms with van der Waals surface area (Å²) in [5.41, 5.74) is 0.00853. The predicted molar refractivity (Wildman–Crippen MR) is 91.4 cm³/mol. The van der Waals surface area contributed by atoms with Crippen LogP contribution in [0.5, 0.6) is 5.88 Å². The van der Waals surface area contributed by atoms with Crippen molar-refractivity contribution in [3.8, 4) is 5.88 Å². The second-order valence-corrected chi connectivity index (χ2v) is 6.11. The highest BCUT2D eigenvalue weighted by Crippen LogP contribution is 2.25. The lowest BCUT2D eigenvalue weighted by atomic mass is 9.99. The summed E-state index contributed by atoms with van der Waals surface area (Å²) in [6.07, 6.45) is 1.98. The highest BCUT2D eigenvalue weighted by atomic mass is 16.5. The van der Waals surface area contributed by atoms with Crippen LogP contribution in [0.15, 0.2) is 30.5 Å². The van der Waals surface area contributed by atoms with E-state index in [9.17, 15) is 9.59 Å². The zero-order chi connectivity index (χ0) is 17.7. The summed E-state index contributed by atoms with van der Waals surface area (Å²) in [6.45, 7) is 3.57.